The van der Waals surface area contributed by atoms with Gasteiger partial charge in [0, 0.05) is 36.3 Å². The van der Waals surface area contributed by atoms with Gasteiger partial charge in [-0.2, -0.15) is 0 Å². The summed E-state index contributed by atoms with van der Waals surface area (Å²) in [4.78, 5) is 28.7. The molecule has 1 saturated heterocycles. The van der Waals surface area contributed by atoms with Crippen molar-refractivity contribution in [3.63, 3.8) is 0 Å². The molecule has 1 N–H and O–H groups in total. The van der Waals surface area contributed by atoms with Crippen molar-refractivity contribution in [2.45, 2.75) is 51.0 Å². The van der Waals surface area contributed by atoms with E-state index in [4.69, 9.17) is 9.15 Å². The number of likely N-dealkylation sites (tertiary alicyclic amines) is 1. The van der Waals surface area contributed by atoms with Crippen LogP contribution in [0, 0.1) is 6.92 Å². The van der Waals surface area contributed by atoms with E-state index < -0.39 is 0 Å². The smallest absolute Gasteiger partial charge is 0.258 e. The second-order valence-corrected chi connectivity index (χ2v) is 8.79. The Balaban J connectivity index is 1.38. The third-order valence-electron chi connectivity index (χ3n) is 6.45. The van der Waals surface area contributed by atoms with Gasteiger partial charge in [0.2, 0.25) is 11.6 Å². The number of carbonyl (C=O) groups excluding carboxylic acids is 1. The molecule has 3 aromatic heterocycles. The Bertz CT molecular complexity index is 1130. The minimum atomic E-state index is -0.0212. The Morgan fingerprint density at radius 2 is 2.03 bits per heavy atom. The Morgan fingerprint density at radius 1 is 1.26 bits per heavy atom. The standard InChI is InChI=1S/C23H27N5O3/c1-14-18(19-20(27-23(2)9-10-23)24-13-25-21(19)31-14)22(29)28-11-7-15(8-12-28)16-5-4-6-17(26-16)30-3/h4-6,13,15H,7-12H2,1-3H3,(H,24,25,27). The molecule has 1 amide bonds. The quantitative estimate of drug-likeness (QED) is 0.667. The minimum absolute atomic E-state index is 0.0212. The van der Waals surface area contributed by atoms with E-state index in [2.05, 4.69) is 27.2 Å². The third-order valence-corrected chi connectivity index (χ3v) is 6.45. The Kier molecular flexibility index (Phi) is 4.79. The minimum Gasteiger partial charge on any atom is -0.481 e. The van der Waals surface area contributed by atoms with E-state index in [1.165, 1.54) is 6.33 Å². The average Bonchev–Trinajstić information content (AvgIpc) is 3.41. The van der Waals surface area contributed by atoms with Crippen LogP contribution in [0.4, 0.5) is 5.82 Å². The number of aromatic nitrogens is 3. The molecule has 4 heterocycles. The van der Waals surface area contributed by atoms with Crippen LogP contribution in [0.15, 0.2) is 28.9 Å². The number of rotatable bonds is 5. The van der Waals surface area contributed by atoms with E-state index in [0.29, 0.717) is 53.1 Å². The summed E-state index contributed by atoms with van der Waals surface area (Å²) >= 11 is 0. The van der Waals surface area contributed by atoms with Crippen molar-refractivity contribution in [2.24, 2.45) is 0 Å². The van der Waals surface area contributed by atoms with Gasteiger partial charge in [-0.15, -0.1) is 0 Å². The molecule has 0 atom stereocenters. The monoisotopic (exact) mass is 421 g/mol. The fourth-order valence-electron chi connectivity index (χ4n) is 4.30. The fraction of sp³-hybridized carbons (Fsp3) is 0.478. The van der Waals surface area contributed by atoms with Gasteiger partial charge in [0.05, 0.1) is 18.1 Å². The number of ether oxygens (including phenoxy) is 1. The number of fused-ring (bicyclic) bond motifs is 1. The lowest BCUT2D eigenvalue weighted by Crippen LogP contribution is -2.38. The first-order valence-electron chi connectivity index (χ1n) is 10.8. The van der Waals surface area contributed by atoms with E-state index in [1.807, 2.05) is 30.0 Å². The van der Waals surface area contributed by atoms with Crippen LogP contribution in [0.2, 0.25) is 0 Å². The molecule has 1 saturated carbocycles. The highest BCUT2D eigenvalue weighted by Crippen LogP contribution is 2.40. The molecule has 162 valence electrons. The fourth-order valence-corrected chi connectivity index (χ4v) is 4.30. The Labute approximate surface area is 181 Å². The summed E-state index contributed by atoms with van der Waals surface area (Å²) in [6, 6.07) is 5.85. The van der Waals surface area contributed by atoms with Crippen LogP contribution < -0.4 is 10.1 Å². The zero-order valence-corrected chi connectivity index (χ0v) is 18.1. The number of nitrogens with one attached hydrogen (secondary N) is 1. The van der Waals surface area contributed by atoms with Crippen molar-refractivity contribution >= 4 is 22.8 Å². The molecule has 8 nitrogen and oxygen atoms in total. The maximum Gasteiger partial charge on any atom is 0.258 e. The first-order valence-corrected chi connectivity index (χ1v) is 10.8. The van der Waals surface area contributed by atoms with E-state index in [0.717, 1.165) is 31.4 Å². The van der Waals surface area contributed by atoms with Crippen LogP contribution in [0.1, 0.15) is 60.3 Å². The second-order valence-electron chi connectivity index (χ2n) is 8.79. The number of aryl methyl sites for hydroxylation is 1. The zero-order chi connectivity index (χ0) is 21.6. The number of furan rings is 1. The lowest BCUT2D eigenvalue weighted by Gasteiger charge is -2.32. The van der Waals surface area contributed by atoms with Gasteiger partial charge in [0.1, 0.15) is 17.9 Å². The molecule has 31 heavy (non-hydrogen) atoms. The number of pyridine rings is 1. The van der Waals surface area contributed by atoms with Gasteiger partial charge >= 0.3 is 0 Å². The molecule has 1 aliphatic carbocycles. The van der Waals surface area contributed by atoms with Gasteiger partial charge < -0.3 is 19.4 Å². The van der Waals surface area contributed by atoms with E-state index >= 15 is 0 Å². The number of nitrogens with zero attached hydrogens (tertiary/aromatic N) is 4. The molecule has 1 aliphatic heterocycles. The van der Waals surface area contributed by atoms with Gasteiger partial charge in [-0.1, -0.05) is 6.07 Å². The molecular weight excluding hydrogens is 394 g/mol. The van der Waals surface area contributed by atoms with Crippen molar-refractivity contribution in [1.29, 1.82) is 0 Å². The first-order chi connectivity index (χ1) is 15.0. The zero-order valence-electron chi connectivity index (χ0n) is 18.1. The molecule has 8 heteroatoms. The Hall–Kier alpha value is -3.16. The summed E-state index contributed by atoms with van der Waals surface area (Å²) in [5, 5.41) is 4.17. The van der Waals surface area contributed by atoms with Crippen molar-refractivity contribution in [1.82, 2.24) is 19.9 Å². The Morgan fingerprint density at radius 3 is 2.74 bits per heavy atom. The van der Waals surface area contributed by atoms with Crippen LogP contribution in [-0.2, 0) is 0 Å². The summed E-state index contributed by atoms with van der Waals surface area (Å²) in [5.41, 5.74) is 2.09. The van der Waals surface area contributed by atoms with Crippen LogP contribution in [-0.4, -0.2) is 51.5 Å². The normalized spacial score (nSPS) is 18.2. The highest BCUT2D eigenvalue weighted by molar-refractivity contribution is 6.10. The summed E-state index contributed by atoms with van der Waals surface area (Å²) in [7, 11) is 1.63. The average molecular weight is 422 g/mol. The van der Waals surface area contributed by atoms with Gasteiger partial charge in [0.15, 0.2) is 0 Å². The first kappa shape index (κ1) is 19.8. The highest BCUT2D eigenvalue weighted by Gasteiger charge is 2.39. The summed E-state index contributed by atoms with van der Waals surface area (Å²) < 4.78 is 11.1. The van der Waals surface area contributed by atoms with Crippen molar-refractivity contribution in [2.75, 3.05) is 25.5 Å². The molecule has 0 radical (unpaired) electrons. The van der Waals surface area contributed by atoms with E-state index in [9.17, 15) is 4.79 Å². The van der Waals surface area contributed by atoms with E-state index in [-0.39, 0.29) is 11.4 Å². The lowest BCUT2D eigenvalue weighted by atomic mass is 9.92. The van der Waals surface area contributed by atoms with Crippen LogP contribution in [0.25, 0.3) is 11.1 Å². The molecule has 5 rings (SSSR count). The molecular formula is C23H27N5O3. The molecule has 2 fully saturated rings. The SMILES string of the molecule is COc1cccc(C2CCN(C(=O)c3c(C)oc4ncnc(NC5(C)CC5)c34)CC2)n1. The largest absolute Gasteiger partial charge is 0.481 e. The van der Waals surface area contributed by atoms with Crippen LogP contribution in [0.3, 0.4) is 0 Å². The van der Waals surface area contributed by atoms with E-state index in [1.54, 1.807) is 7.11 Å². The van der Waals surface area contributed by atoms with Crippen LogP contribution in [0.5, 0.6) is 5.88 Å². The number of methoxy groups -OCH3 is 1. The molecule has 0 bridgehead atoms. The molecule has 0 unspecified atom stereocenters. The molecule has 3 aromatic rings. The second kappa shape index (κ2) is 7.51. The number of anilines is 1. The van der Waals surface area contributed by atoms with Crippen molar-refractivity contribution in [3.8, 4) is 5.88 Å². The number of amides is 1. The highest BCUT2D eigenvalue weighted by atomic mass is 16.5. The summed E-state index contributed by atoms with van der Waals surface area (Å²) in [5.74, 6) is 2.19. The van der Waals surface area contributed by atoms with Gasteiger partial charge in [-0.05, 0) is 45.6 Å². The molecule has 0 aromatic carbocycles. The summed E-state index contributed by atoms with van der Waals surface area (Å²) in [6.07, 6.45) is 5.38. The maximum atomic E-state index is 13.5. The number of hydrogen-bond acceptors (Lipinski definition) is 7. The predicted octanol–water partition coefficient (Wildman–Crippen LogP) is 3.92. The van der Waals surface area contributed by atoms with Crippen LogP contribution >= 0.6 is 0 Å². The van der Waals surface area contributed by atoms with Gasteiger partial charge in [-0.3, -0.25) is 4.79 Å². The lowest BCUT2D eigenvalue weighted by molar-refractivity contribution is 0.0712. The van der Waals surface area contributed by atoms with Crippen molar-refractivity contribution < 1.29 is 13.9 Å². The topological polar surface area (TPSA) is 93.4 Å². The van der Waals surface area contributed by atoms with Gasteiger partial charge in [0.25, 0.3) is 5.91 Å². The number of piperidine rings is 1. The van der Waals surface area contributed by atoms with Crippen molar-refractivity contribution in [3.05, 3.63) is 41.5 Å². The molecule has 0 spiro atoms. The number of carbonyl (C=O) groups is 1. The predicted molar refractivity (Wildman–Crippen MR) is 116 cm³/mol. The third kappa shape index (κ3) is 3.71. The maximum absolute atomic E-state index is 13.5. The van der Waals surface area contributed by atoms with Gasteiger partial charge in [-0.25, -0.2) is 15.0 Å². The number of hydrogen-bond donors (Lipinski definition) is 1. The summed E-state index contributed by atoms with van der Waals surface area (Å²) in [6.45, 7) is 5.32. The molecule has 2 aliphatic rings.